The molecule has 5 nitrogen and oxygen atoms in total. The van der Waals surface area contributed by atoms with Gasteiger partial charge in [0.2, 0.25) is 5.91 Å². The Morgan fingerprint density at radius 2 is 2.25 bits per heavy atom. The van der Waals surface area contributed by atoms with Gasteiger partial charge in [0, 0.05) is 38.0 Å². The first-order chi connectivity index (χ1) is 7.65. The first-order valence-corrected chi connectivity index (χ1v) is 5.75. The van der Waals surface area contributed by atoms with Crippen LogP contribution in [0.2, 0.25) is 0 Å². The Balaban J connectivity index is 1.90. The third-order valence-corrected chi connectivity index (χ3v) is 3.30. The molecule has 0 bridgehead atoms. The first kappa shape index (κ1) is 9.84. The predicted molar refractivity (Wildman–Crippen MR) is 60.1 cm³/mol. The van der Waals surface area contributed by atoms with E-state index in [1.165, 1.54) is 12.8 Å². The average molecular weight is 220 g/mol. The molecule has 0 aromatic carbocycles. The summed E-state index contributed by atoms with van der Waals surface area (Å²) in [4.78, 5) is 13.5. The second-order valence-corrected chi connectivity index (χ2v) is 4.79. The van der Waals surface area contributed by atoms with Crippen LogP contribution in [0.5, 0.6) is 0 Å². The molecule has 0 radical (unpaired) electrons. The molecule has 1 unspecified atom stereocenters. The minimum atomic E-state index is -0.0354. The van der Waals surface area contributed by atoms with Crippen molar-refractivity contribution < 1.29 is 4.79 Å². The summed E-state index contributed by atoms with van der Waals surface area (Å²) < 4.78 is 1.80. The molecule has 2 heterocycles. The van der Waals surface area contributed by atoms with E-state index in [-0.39, 0.29) is 11.9 Å². The van der Waals surface area contributed by atoms with E-state index in [0.717, 1.165) is 11.5 Å². The third-order valence-electron chi connectivity index (χ3n) is 3.30. The molecule has 1 aliphatic heterocycles. The molecular weight excluding hydrogens is 204 g/mol. The summed E-state index contributed by atoms with van der Waals surface area (Å²) >= 11 is 0. The third kappa shape index (κ3) is 1.51. The van der Waals surface area contributed by atoms with Crippen LogP contribution in [0, 0.1) is 0 Å². The maximum absolute atomic E-state index is 11.7. The molecule has 2 N–H and O–H groups in total. The highest BCUT2D eigenvalue weighted by atomic mass is 16.2. The van der Waals surface area contributed by atoms with Crippen LogP contribution in [0.25, 0.3) is 0 Å². The lowest BCUT2D eigenvalue weighted by Crippen LogP contribution is -2.29. The van der Waals surface area contributed by atoms with Crippen LogP contribution < -0.4 is 10.6 Å². The van der Waals surface area contributed by atoms with E-state index >= 15 is 0 Å². The smallest absolute Gasteiger partial charge is 0.229 e. The van der Waals surface area contributed by atoms with Gasteiger partial charge < -0.3 is 5.73 Å². The molecule has 1 aromatic rings. The lowest BCUT2D eigenvalue weighted by atomic mass is 10.3. The van der Waals surface area contributed by atoms with Gasteiger partial charge in [0.15, 0.2) is 0 Å². The lowest BCUT2D eigenvalue weighted by Gasteiger charge is -2.15. The van der Waals surface area contributed by atoms with Crippen LogP contribution in [0.15, 0.2) is 6.07 Å². The Morgan fingerprint density at radius 3 is 2.81 bits per heavy atom. The number of aromatic nitrogens is 2. The molecule has 0 spiro atoms. The second-order valence-electron chi connectivity index (χ2n) is 4.79. The summed E-state index contributed by atoms with van der Waals surface area (Å²) in [5.41, 5.74) is 6.91. The van der Waals surface area contributed by atoms with Crippen molar-refractivity contribution in [2.75, 3.05) is 11.4 Å². The number of anilines is 1. The number of carbonyl (C=O) groups is 1. The van der Waals surface area contributed by atoms with E-state index in [4.69, 9.17) is 5.73 Å². The molecule has 3 rings (SSSR count). The zero-order valence-corrected chi connectivity index (χ0v) is 9.39. The van der Waals surface area contributed by atoms with E-state index in [2.05, 4.69) is 5.10 Å². The molecule has 2 aliphatic rings. The molecule has 1 saturated heterocycles. The number of hydrogen-bond donors (Lipinski definition) is 1. The molecular formula is C11H16N4O. The Bertz CT molecular complexity index is 435. The van der Waals surface area contributed by atoms with Crippen molar-refractivity contribution in [2.45, 2.75) is 31.2 Å². The Morgan fingerprint density at radius 1 is 1.50 bits per heavy atom. The van der Waals surface area contributed by atoms with E-state index in [9.17, 15) is 4.79 Å². The maximum atomic E-state index is 11.7. The number of hydrogen-bond acceptors (Lipinski definition) is 3. The van der Waals surface area contributed by atoms with Gasteiger partial charge in [-0.2, -0.15) is 5.10 Å². The van der Waals surface area contributed by atoms with Gasteiger partial charge >= 0.3 is 0 Å². The van der Waals surface area contributed by atoms with Crippen LogP contribution in [0.4, 0.5) is 5.82 Å². The van der Waals surface area contributed by atoms with Gasteiger partial charge in [0.05, 0.1) is 5.69 Å². The summed E-state index contributed by atoms with van der Waals surface area (Å²) in [5, 5.41) is 4.46. The van der Waals surface area contributed by atoms with E-state index in [1.54, 1.807) is 9.58 Å². The van der Waals surface area contributed by atoms with E-state index < -0.39 is 0 Å². The topological polar surface area (TPSA) is 64.2 Å². The van der Waals surface area contributed by atoms with Crippen molar-refractivity contribution in [1.29, 1.82) is 0 Å². The highest BCUT2D eigenvalue weighted by molar-refractivity contribution is 5.95. The van der Waals surface area contributed by atoms with Crippen LogP contribution in [-0.4, -0.2) is 28.3 Å². The van der Waals surface area contributed by atoms with Crippen LogP contribution >= 0.6 is 0 Å². The zero-order valence-electron chi connectivity index (χ0n) is 9.39. The van der Waals surface area contributed by atoms with Gasteiger partial charge in [-0.3, -0.25) is 14.4 Å². The summed E-state index contributed by atoms with van der Waals surface area (Å²) in [7, 11) is 1.89. The van der Waals surface area contributed by atoms with Crippen molar-refractivity contribution in [1.82, 2.24) is 9.78 Å². The Kier molecular flexibility index (Phi) is 2.04. The van der Waals surface area contributed by atoms with Crippen LogP contribution in [0.1, 0.15) is 30.9 Å². The van der Waals surface area contributed by atoms with Gasteiger partial charge in [0.1, 0.15) is 5.82 Å². The zero-order chi connectivity index (χ0) is 11.3. The van der Waals surface area contributed by atoms with Crippen molar-refractivity contribution in [3.05, 3.63) is 11.8 Å². The Labute approximate surface area is 94.2 Å². The van der Waals surface area contributed by atoms with Gasteiger partial charge in [-0.1, -0.05) is 0 Å². The van der Waals surface area contributed by atoms with Crippen molar-refractivity contribution in [3.8, 4) is 0 Å². The summed E-state index contributed by atoms with van der Waals surface area (Å²) in [6, 6.07) is 2.00. The molecule has 1 aliphatic carbocycles. The van der Waals surface area contributed by atoms with Gasteiger partial charge in [-0.25, -0.2) is 0 Å². The fraction of sp³-hybridized carbons (Fsp3) is 0.636. The second kappa shape index (κ2) is 3.31. The Hall–Kier alpha value is -1.36. The fourth-order valence-electron chi connectivity index (χ4n) is 2.27. The maximum Gasteiger partial charge on any atom is 0.229 e. The van der Waals surface area contributed by atoms with Crippen LogP contribution in [-0.2, 0) is 11.8 Å². The molecule has 1 saturated carbocycles. The highest BCUT2D eigenvalue weighted by Gasteiger charge is 2.32. The summed E-state index contributed by atoms with van der Waals surface area (Å²) in [5.74, 6) is 1.61. The molecule has 16 heavy (non-hydrogen) atoms. The van der Waals surface area contributed by atoms with E-state index in [0.29, 0.717) is 18.9 Å². The largest absolute Gasteiger partial charge is 0.326 e. The number of carbonyl (C=O) groups excluding carboxylic acids is 1. The normalized spacial score (nSPS) is 25.5. The van der Waals surface area contributed by atoms with Gasteiger partial charge in [-0.15, -0.1) is 0 Å². The summed E-state index contributed by atoms with van der Waals surface area (Å²) in [6.45, 7) is 0.614. The number of aryl methyl sites for hydroxylation is 1. The van der Waals surface area contributed by atoms with Crippen molar-refractivity contribution in [2.24, 2.45) is 12.8 Å². The average Bonchev–Trinajstić information content (AvgIpc) is 2.92. The molecule has 1 atom stereocenters. The fourth-order valence-corrected chi connectivity index (χ4v) is 2.27. The lowest BCUT2D eigenvalue weighted by molar-refractivity contribution is -0.117. The number of nitrogens with two attached hydrogens (primary N) is 1. The van der Waals surface area contributed by atoms with Crippen molar-refractivity contribution in [3.63, 3.8) is 0 Å². The highest BCUT2D eigenvalue weighted by Crippen LogP contribution is 2.40. The predicted octanol–water partition coefficient (Wildman–Crippen LogP) is 0.361. The quantitative estimate of drug-likeness (QED) is 0.782. The van der Waals surface area contributed by atoms with Gasteiger partial charge in [0.25, 0.3) is 0 Å². The van der Waals surface area contributed by atoms with Gasteiger partial charge in [-0.05, 0) is 12.8 Å². The standard InChI is InChI=1S/C11H16N4O/c1-14-10(5-9(13-14)7-2-3-7)15-6-8(12)4-11(15)16/h5,7-8H,2-4,6,12H2,1H3. The monoisotopic (exact) mass is 220 g/mol. The number of amides is 1. The number of nitrogens with zero attached hydrogens (tertiary/aromatic N) is 3. The molecule has 86 valence electrons. The molecule has 1 amide bonds. The van der Waals surface area contributed by atoms with Crippen molar-refractivity contribution >= 4 is 11.7 Å². The van der Waals surface area contributed by atoms with Crippen LogP contribution in [0.3, 0.4) is 0 Å². The van der Waals surface area contributed by atoms with E-state index in [1.807, 2.05) is 13.1 Å². The minimum Gasteiger partial charge on any atom is -0.326 e. The molecule has 2 fully saturated rings. The molecule has 1 aromatic heterocycles. The minimum absolute atomic E-state index is 0.0354. The summed E-state index contributed by atoms with van der Waals surface area (Å²) in [6.07, 6.45) is 2.90. The molecule has 5 heteroatoms. The number of rotatable bonds is 2. The SMILES string of the molecule is Cn1nc(C2CC2)cc1N1CC(N)CC1=O. The first-order valence-electron chi connectivity index (χ1n) is 5.75.